The minimum absolute atomic E-state index is 0.135. The van der Waals surface area contributed by atoms with E-state index in [1.807, 2.05) is 50.2 Å². The average molecular weight is 281 g/mol. The van der Waals surface area contributed by atoms with E-state index in [1.54, 1.807) is 0 Å². The molecule has 0 saturated heterocycles. The van der Waals surface area contributed by atoms with Crippen LogP contribution in [0.25, 0.3) is 0 Å². The van der Waals surface area contributed by atoms with Gasteiger partial charge in [0.25, 0.3) is 0 Å². The summed E-state index contributed by atoms with van der Waals surface area (Å²) in [5.74, 6) is 0.135. The molecule has 0 aliphatic heterocycles. The van der Waals surface area contributed by atoms with Gasteiger partial charge in [-0.3, -0.25) is 4.79 Å². The van der Waals surface area contributed by atoms with Gasteiger partial charge in [0.15, 0.2) is 5.78 Å². The quantitative estimate of drug-likeness (QED) is 0.652. The molecule has 0 spiro atoms. The first-order valence-electron chi connectivity index (χ1n) is 7.45. The molecule has 0 aliphatic carbocycles. The molecule has 0 atom stereocenters. The summed E-state index contributed by atoms with van der Waals surface area (Å²) in [4.78, 5) is 12.8. The maximum Gasteiger partial charge on any atom is 0.172 e. The Morgan fingerprint density at radius 1 is 1.00 bits per heavy atom. The van der Waals surface area contributed by atoms with Crippen molar-refractivity contribution in [3.05, 3.63) is 65.2 Å². The van der Waals surface area contributed by atoms with Crippen LogP contribution >= 0.6 is 0 Å². The summed E-state index contributed by atoms with van der Waals surface area (Å²) in [6.07, 6.45) is 2.17. The molecule has 0 bridgehead atoms. The van der Waals surface area contributed by atoms with E-state index in [9.17, 15) is 4.79 Å². The van der Waals surface area contributed by atoms with Crippen LogP contribution in [0, 0.1) is 0 Å². The Hall–Kier alpha value is -2.09. The molecular formula is C19H23NO. The fourth-order valence-corrected chi connectivity index (χ4v) is 2.50. The molecule has 2 aromatic rings. The van der Waals surface area contributed by atoms with Crippen molar-refractivity contribution in [1.29, 1.82) is 0 Å². The van der Waals surface area contributed by atoms with E-state index < -0.39 is 5.41 Å². The highest BCUT2D eigenvalue weighted by Crippen LogP contribution is 2.28. The molecule has 2 aromatic carbocycles. The number of aryl methyl sites for hydroxylation is 1. The first-order chi connectivity index (χ1) is 9.95. The van der Waals surface area contributed by atoms with Crippen molar-refractivity contribution in [2.45, 2.75) is 39.0 Å². The topological polar surface area (TPSA) is 43.1 Å². The van der Waals surface area contributed by atoms with Crippen molar-refractivity contribution in [3.8, 4) is 0 Å². The molecule has 0 heterocycles. The van der Waals surface area contributed by atoms with E-state index in [0.717, 1.165) is 24.0 Å². The summed E-state index contributed by atoms with van der Waals surface area (Å²) >= 11 is 0. The fraction of sp³-hybridized carbons (Fsp3) is 0.316. The Bertz CT molecular complexity index is 609. The monoisotopic (exact) mass is 281 g/mol. The van der Waals surface area contributed by atoms with Gasteiger partial charge in [-0.25, -0.2) is 0 Å². The van der Waals surface area contributed by atoms with Crippen molar-refractivity contribution < 1.29 is 4.79 Å². The lowest BCUT2D eigenvalue weighted by atomic mass is 9.78. The normalized spacial score (nSPS) is 11.4. The van der Waals surface area contributed by atoms with Gasteiger partial charge in [-0.15, -0.1) is 0 Å². The van der Waals surface area contributed by atoms with Crippen LogP contribution in [0.15, 0.2) is 48.5 Å². The number of carbonyl (C=O) groups excluding carboxylic acids is 1. The average Bonchev–Trinajstić information content (AvgIpc) is 2.48. The summed E-state index contributed by atoms with van der Waals surface area (Å²) in [6.45, 7) is 6.07. The van der Waals surface area contributed by atoms with E-state index in [2.05, 4.69) is 19.1 Å². The summed E-state index contributed by atoms with van der Waals surface area (Å²) in [7, 11) is 0. The first kappa shape index (κ1) is 15.3. The third kappa shape index (κ3) is 3.33. The minimum Gasteiger partial charge on any atom is -0.399 e. The number of hydrogen-bond acceptors (Lipinski definition) is 2. The van der Waals surface area contributed by atoms with Crippen LogP contribution in [0.5, 0.6) is 0 Å². The number of rotatable bonds is 5. The smallest absolute Gasteiger partial charge is 0.172 e. The third-order valence-corrected chi connectivity index (χ3v) is 3.95. The number of carbonyl (C=O) groups is 1. The zero-order chi connectivity index (χ0) is 15.5. The minimum atomic E-state index is -0.556. The highest BCUT2D eigenvalue weighted by molar-refractivity contribution is 6.03. The Morgan fingerprint density at radius 3 is 2.10 bits per heavy atom. The second-order valence-electron chi connectivity index (χ2n) is 6.02. The predicted molar refractivity (Wildman–Crippen MR) is 88.6 cm³/mol. The van der Waals surface area contributed by atoms with Gasteiger partial charge in [-0.2, -0.15) is 0 Å². The van der Waals surface area contributed by atoms with Gasteiger partial charge in [-0.05, 0) is 43.5 Å². The van der Waals surface area contributed by atoms with Crippen LogP contribution < -0.4 is 5.73 Å². The third-order valence-electron chi connectivity index (χ3n) is 3.95. The predicted octanol–water partition coefficient (Wildman–Crippen LogP) is 4.38. The van der Waals surface area contributed by atoms with Gasteiger partial charge in [0, 0.05) is 11.3 Å². The molecule has 0 radical (unpaired) electrons. The van der Waals surface area contributed by atoms with Crippen molar-refractivity contribution in [2.24, 2.45) is 0 Å². The molecule has 0 aliphatic rings. The van der Waals surface area contributed by atoms with Crippen LogP contribution in [0.3, 0.4) is 0 Å². The van der Waals surface area contributed by atoms with Crippen LogP contribution in [-0.2, 0) is 11.8 Å². The number of anilines is 1. The lowest BCUT2D eigenvalue weighted by Crippen LogP contribution is -2.29. The van der Waals surface area contributed by atoms with Crippen LogP contribution in [0.4, 0.5) is 5.69 Å². The number of benzene rings is 2. The van der Waals surface area contributed by atoms with Gasteiger partial charge in [-0.1, -0.05) is 49.7 Å². The van der Waals surface area contributed by atoms with Gasteiger partial charge in [0.05, 0.1) is 5.41 Å². The highest BCUT2D eigenvalue weighted by atomic mass is 16.1. The molecule has 0 amide bonds. The number of Topliss-reactive ketones (excluding diaryl/α,β-unsaturated/α-hetero) is 1. The van der Waals surface area contributed by atoms with Crippen molar-refractivity contribution >= 4 is 11.5 Å². The lowest BCUT2D eigenvalue weighted by Gasteiger charge is -2.24. The Labute approximate surface area is 127 Å². The molecule has 0 fully saturated rings. The SMILES string of the molecule is CCCc1ccc(C(=O)C(C)(C)c2ccc(N)cc2)cc1. The number of hydrogen-bond donors (Lipinski definition) is 1. The molecule has 2 N–H and O–H groups in total. The number of ketones is 1. The maximum atomic E-state index is 12.8. The molecule has 21 heavy (non-hydrogen) atoms. The summed E-state index contributed by atoms with van der Waals surface area (Å²) in [5.41, 5.74) is 8.90. The van der Waals surface area contributed by atoms with Gasteiger partial charge in [0.1, 0.15) is 0 Å². The zero-order valence-electron chi connectivity index (χ0n) is 13.0. The summed E-state index contributed by atoms with van der Waals surface area (Å²) in [6, 6.07) is 15.5. The standard InChI is InChI=1S/C19H23NO/c1-4-5-14-6-8-15(9-7-14)18(21)19(2,3)16-10-12-17(20)13-11-16/h6-13H,4-5,20H2,1-3H3. The molecule has 0 unspecified atom stereocenters. The Kier molecular flexibility index (Phi) is 4.46. The molecule has 2 rings (SSSR count). The molecule has 2 heteroatoms. The van der Waals surface area contributed by atoms with E-state index in [-0.39, 0.29) is 5.78 Å². The highest BCUT2D eigenvalue weighted by Gasteiger charge is 2.30. The Morgan fingerprint density at radius 2 is 1.57 bits per heavy atom. The molecular weight excluding hydrogens is 258 g/mol. The molecule has 0 aromatic heterocycles. The van der Waals surface area contributed by atoms with Crippen molar-refractivity contribution in [2.75, 3.05) is 5.73 Å². The second-order valence-corrected chi connectivity index (χ2v) is 6.02. The van der Waals surface area contributed by atoms with Crippen molar-refractivity contribution in [1.82, 2.24) is 0 Å². The maximum absolute atomic E-state index is 12.8. The van der Waals surface area contributed by atoms with Gasteiger partial charge >= 0.3 is 0 Å². The number of nitrogen functional groups attached to an aromatic ring is 1. The van der Waals surface area contributed by atoms with E-state index in [0.29, 0.717) is 5.69 Å². The molecule has 110 valence electrons. The van der Waals surface area contributed by atoms with Crippen molar-refractivity contribution in [3.63, 3.8) is 0 Å². The Balaban J connectivity index is 2.26. The van der Waals surface area contributed by atoms with Crippen LogP contribution in [-0.4, -0.2) is 5.78 Å². The van der Waals surface area contributed by atoms with Crippen LogP contribution in [0.2, 0.25) is 0 Å². The van der Waals surface area contributed by atoms with Crippen LogP contribution in [0.1, 0.15) is 48.7 Å². The van der Waals surface area contributed by atoms with Gasteiger partial charge in [0.2, 0.25) is 0 Å². The summed E-state index contributed by atoms with van der Waals surface area (Å²) in [5, 5.41) is 0. The van der Waals surface area contributed by atoms with E-state index in [4.69, 9.17) is 5.73 Å². The van der Waals surface area contributed by atoms with Gasteiger partial charge < -0.3 is 5.73 Å². The first-order valence-corrected chi connectivity index (χ1v) is 7.45. The van der Waals surface area contributed by atoms with E-state index >= 15 is 0 Å². The largest absolute Gasteiger partial charge is 0.399 e. The number of nitrogens with two attached hydrogens (primary N) is 1. The fourth-order valence-electron chi connectivity index (χ4n) is 2.50. The second kappa shape index (κ2) is 6.13. The lowest BCUT2D eigenvalue weighted by molar-refractivity contribution is 0.0908. The zero-order valence-corrected chi connectivity index (χ0v) is 13.0. The van der Waals surface area contributed by atoms with E-state index in [1.165, 1.54) is 5.56 Å². The molecule has 0 saturated carbocycles. The summed E-state index contributed by atoms with van der Waals surface area (Å²) < 4.78 is 0. The molecule has 2 nitrogen and oxygen atoms in total.